The molecule has 2 atom stereocenters. The number of phenols is 1. The normalized spacial score (nSPS) is 21.6. The Balaban J connectivity index is 1.19. The SMILES string of the molecule is CC(C)=CCc1cc(C(=O)Nc2cc3ccc(OCCCNC4(C)CC5CCCC(C5)C4)c(C)c3oc2=O)ccc1O. The molecule has 1 amide bonds. The molecule has 2 aromatic carbocycles. The van der Waals surface area contributed by atoms with Gasteiger partial charge >= 0.3 is 5.63 Å². The Morgan fingerprint density at radius 1 is 1.14 bits per heavy atom. The molecular formula is C35H44N2O5. The van der Waals surface area contributed by atoms with Crippen LogP contribution in [0.15, 0.2) is 57.3 Å². The van der Waals surface area contributed by atoms with Crippen LogP contribution in [0.5, 0.6) is 11.5 Å². The largest absolute Gasteiger partial charge is 0.508 e. The van der Waals surface area contributed by atoms with Gasteiger partial charge in [-0.1, -0.05) is 30.9 Å². The molecule has 7 nitrogen and oxygen atoms in total. The van der Waals surface area contributed by atoms with E-state index in [2.05, 4.69) is 17.6 Å². The number of rotatable bonds is 10. The Bertz CT molecular complexity index is 1520. The van der Waals surface area contributed by atoms with Crippen LogP contribution in [0.3, 0.4) is 0 Å². The zero-order valence-electron chi connectivity index (χ0n) is 25.3. The lowest BCUT2D eigenvalue weighted by Crippen LogP contribution is -2.50. The zero-order valence-corrected chi connectivity index (χ0v) is 25.3. The minimum absolute atomic E-state index is 0.0610. The van der Waals surface area contributed by atoms with Crippen molar-refractivity contribution >= 4 is 22.6 Å². The van der Waals surface area contributed by atoms with Crippen LogP contribution in [-0.2, 0) is 6.42 Å². The fraction of sp³-hybridized carbons (Fsp3) is 0.486. The van der Waals surface area contributed by atoms with E-state index in [0.717, 1.165) is 35.9 Å². The highest BCUT2D eigenvalue weighted by atomic mass is 16.5. The Kier molecular flexibility index (Phi) is 9.07. The van der Waals surface area contributed by atoms with Crippen molar-refractivity contribution in [2.75, 3.05) is 18.5 Å². The molecule has 1 heterocycles. The fourth-order valence-corrected chi connectivity index (χ4v) is 6.87. The summed E-state index contributed by atoms with van der Waals surface area (Å²) in [5.74, 6) is 2.13. The van der Waals surface area contributed by atoms with Crippen molar-refractivity contribution in [1.82, 2.24) is 5.32 Å². The van der Waals surface area contributed by atoms with Gasteiger partial charge in [0.1, 0.15) is 22.8 Å². The maximum atomic E-state index is 13.0. The van der Waals surface area contributed by atoms with Gasteiger partial charge in [0.2, 0.25) is 0 Å². The van der Waals surface area contributed by atoms with Gasteiger partial charge in [-0.15, -0.1) is 0 Å². The average molecular weight is 573 g/mol. The molecule has 2 fully saturated rings. The lowest BCUT2D eigenvalue weighted by molar-refractivity contribution is 0.0982. The van der Waals surface area contributed by atoms with Gasteiger partial charge in [0, 0.05) is 22.1 Å². The number of aryl methyl sites for hydroxylation is 1. The molecule has 3 N–H and O–H groups in total. The smallest absolute Gasteiger partial charge is 0.360 e. The second-order valence-electron chi connectivity index (χ2n) is 12.8. The van der Waals surface area contributed by atoms with Gasteiger partial charge in [0.25, 0.3) is 5.91 Å². The van der Waals surface area contributed by atoms with Crippen molar-refractivity contribution in [3.63, 3.8) is 0 Å². The second-order valence-corrected chi connectivity index (χ2v) is 12.8. The molecule has 5 rings (SSSR count). The van der Waals surface area contributed by atoms with Crippen LogP contribution < -0.4 is 21.0 Å². The number of aromatic hydroxyl groups is 1. The number of nitrogens with one attached hydrogen (secondary N) is 2. The number of phenolic OH excluding ortho intramolecular Hbond substituents is 1. The summed E-state index contributed by atoms with van der Waals surface area (Å²) in [6.45, 7) is 9.70. The highest BCUT2D eigenvalue weighted by Gasteiger charge is 2.38. The predicted octanol–water partition coefficient (Wildman–Crippen LogP) is 7.29. The number of amides is 1. The summed E-state index contributed by atoms with van der Waals surface area (Å²) in [5, 5.41) is 17.4. The zero-order chi connectivity index (χ0) is 29.9. The molecule has 2 unspecified atom stereocenters. The maximum Gasteiger partial charge on any atom is 0.360 e. The van der Waals surface area contributed by atoms with Crippen LogP contribution in [0.1, 0.15) is 87.2 Å². The molecule has 0 aliphatic heterocycles. The third-order valence-corrected chi connectivity index (χ3v) is 8.92. The van der Waals surface area contributed by atoms with E-state index >= 15 is 0 Å². The molecule has 3 aromatic rings. The summed E-state index contributed by atoms with van der Waals surface area (Å²) >= 11 is 0. The monoisotopic (exact) mass is 572 g/mol. The quantitative estimate of drug-likeness (QED) is 0.134. The molecule has 42 heavy (non-hydrogen) atoms. The molecule has 2 saturated carbocycles. The molecule has 224 valence electrons. The number of hydrogen-bond acceptors (Lipinski definition) is 6. The number of allylic oxidation sites excluding steroid dienone is 2. The third-order valence-electron chi connectivity index (χ3n) is 8.92. The number of carbonyl (C=O) groups excluding carboxylic acids is 1. The highest BCUT2D eigenvalue weighted by Crippen LogP contribution is 2.44. The Morgan fingerprint density at radius 2 is 1.90 bits per heavy atom. The van der Waals surface area contributed by atoms with E-state index in [0.29, 0.717) is 40.9 Å². The summed E-state index contributed by atoms with van der Waals surface area (Å²) < 4.78 is 11.7. The predicted molar refractivity (Wildman–Crippen MR) is 168 cm³/mol. The van der Waals surface area contributed by atoms with E-state index in [-0.39, 0.29) is 17.0 Å². The van der Waals surface area contributed by atoms with Gasteiger partial charge in [-0.05, 0) is 120 Å². The van der Waals surface area contributed by atoms with Crippen molar-refractivity contribution in [3.05, 3.63) is 75.2 Å². The maximum absolute atomic E-state index is 13.0. The van der Waals surface area contributed by atoms with Crippen molar-refractivity contribution < 1.29 is 19.1 Å². The molecule has 1 aromatic heterocycles. The Hall–Kier alpha value is -3.58. The van der Waals surface area contributed by atoms with Crippen molar-refractivity contribution in [1.29, 1.82) is 0 Å². The number of benzene rings is 2. The van der Waals surface area contributed by atoms with Crippen LogP contribution in [0.4, 0.5) is 5.69 Å². The lowest BCUT2D eigenvalue weighted by atomic mass is 9.65. The Morgan fingerprint density at radius 3 is 2.64 bits per heavy atom. The van der Waals surface area contributed by atoms with E-state index in [1.165, 1.54) is 50.7 Å². The molecule has 0 spiro atoms. The first-order valence-corrected chi connectivity index (χ1v) is 15.3. The van der Waals surface area contributed by atoms with E-state index in [1.807, 2.05) is 39.0 Å². The van der Waals surface area contributed by atoms with Crippen LogP contribution in [0.2, 0.25) is 0 Å². The van der Waals surface area contributed by atoms with Gasteiger partial charge in [-0.25, -0.2) is 4.79 Å². The first kappa shape index (κ1) is 29.9. The summed E-state index contributed by atoms with van der Waals surface area (Å²) in [6, 6.07) is 10.0. The van der Waals surface area contributed by atoms with Crippen LogP contribution in [0, 0.1) is 18.8 Å². The van der Waals surface area contributed by atoms with Gasteiger partial charge in [-0.2, -0.15) is 0 Å². The molecule has 0 radical (unpaired) electrons. The standard InChI is InChI=1S/C35H44N2O5/c1-22(2)9-10-26-18-28(11-13-30(26)38)33(39)37-29-19-27-12-14-31(23(3)32(27)42-34(29)40)41-16-6-15-36-35(4)20-24-7-5-8-25(17-24)21-35/h9,11-14,18-19,24-25,36,38H,5-8,10,15-17,20-21H2,1-4H3,(H,37,39). The van der Waals surface area contributed by atoms with Crippen LogP contribution >= 0.6 is 0 Å². The third kappa shape index (κ3) is 7.06. The van der Waals surface area contributed by atoms with Crippen molar-refractivity contribution in [2.45, 2.75) is 84.6 Å². The van der Waals surface area contributed by atoms with Crippen LogP contribution in [-0.4, -0.2) is 29.7 Å². The van der Waals surface area contributed by atoms with E-state index < -0.39 is 11.5 Å². The minimum atomic E-state index is -0.630. The van der Waals surface area contributed by atoms with Crippen LogP contribution in [0.25, 0.3) is 11.0 Å². The minimum Gasteiger partial charge on any atom is -0.508 e. The Labute approximate surface area is 248 Å². The molecule has 2 bridgehead atoms. The summed E-state index contributed by atoms with van der Waals surface area (Å²) in [5.41, 5.74) is 2.97. The molecule has 2 aliphatic carbocycles. The van der Waals surface area contributed by atoms with E-state index in [4.69, 9.17) is 9.15 Å². The number of hydrogen-bond donors (Lipinski definition) is 3. The first-order chi connectivity index (χ1) is 20.1. The van der Waals surface area contributed by atoms with Gasteiger partial charge < -0.3 is 24.9 Å². The number of fused-ring (bicyclic) bond motifs is 3. The number of ether oxygens (including phenoxy) is 1. The summed E-state index contributed by atoms with van der Waals surface area (Å²) in [7, 11) is 0. The lowest BCUT2D eigenvalue weighted by Gasteiger charge is -2.46. The number of anilines is 1. The second kappa shape index (κ2) is 12.7. The fourth-order valence-electron chi connectivity index (χ4n) is 6.87. The molecular weight excluding hydrogens is 528 g/mol. The van der Waals surface area contributed by atoms with Crippen molar-refractivity contribution in [3.8, 4) is 11.5 Å². The molecule has 0 saturated heterocycles. The summed E-state index contributed by atoms with van der Waals surface area (Å²) in [4.78, 5) is 25.8. The van der Waals surface area contributed by atoms with E-state index in [1.54, 1.807) is 12.1 Å². The van der Waals surface area contributed by atoms with Gasteiger partial charge in [0.15, 0.2) is 0 Å². The van der Waals surface area contributed by atoms with Gasteiger partial charge in [0.05, 0.1) is 6.61 Å². The van der Waals surface area contributed by atoms with Crippen molar-refractivity contribution in [2.24, 2.45) is 11.8 Å². The number of carbonyl (C=O) groups is 1. The molecule has 7 heteroatoms. The molecule has 2 aliphatic rings. The summed E-state index contributed by atoms with van der Waals surface area (Å²) in [6.07, 6.45) is 11.5. The average Bonchev–Trinajstić information content (AvgIpc) is 2.94. The first-order valence-electron chi connectivity index (χ1n) is 15.3. The van der Waals surface area contributed by atoms with E-state index in [9.17, 15) is 14.7 Å². The van der Waals surface area contributed by atoms with Gasteiger partial charge in [-0.3, -0.25) is 4.79 Å². The topological polar surface area (TPSA) is 101 Å². The highest BCUT2D eigenvalue weighted by molar-refractivity contribution is 6.05.